The van der Waals surface area contributed by atoms with Gasteiger partial charge < -0.3 is 10.2 Å². The zero-order valence-electron chi connectivity index (χ0n) is 18.7. The first-order chi connectivity index (χ1) is 15.6. The molecule has 180 valence electrons. The molecule has 0 bridgehead atoms. The molecule has 0 aromatic heterocycles. The first kappa shape index (κ1) is 23.7. The summed E-state index contributed by atoms with van der Waals surface area (Å²) in [4.78, 5) is 38.1. The molecule has 33 heavy (non-hydrogen) atoms. The summed E-state index contributed by atoms with van der Waals surface area (Å²) in [5.74, 6) is -0.723. The van der Waals surface area contributed by atoms with Gasteiger partial charge in [0.2, 0.25) is 11.8 Å². The van der Waals surface area contributed by atoms with Gasteiger partial charge in [0.15, 0.2) is 0 Å². The SMILES string of the molecule is CC(CC(F)(F)F)N[C@H]1CCCC[C@@H]1Cc1ccc2c(c1)CN(C1CCC(=O)NC1=O)C2=O. The lowest BCUT2D eigenvalue weighted by molar-refractivity contribution is -0.140. The van der Waals surface area contributed by atoms with Crippen molar-refractivity contribution >= 4 is 17.7 Å². The van der Waals surface area contributed by atoms with Crippen molar-refractivity contribution in [3.63, 3.8) is 0 Å². The minimum atomic E-state index is -4.18. The van der Waals surface area contributed by atoms with Gasteiger partial charge >= 0.3 is 6.18 Å². The average molecular weight is 466 g/mol. The highest BCUT2D eigenvalue weighted by Crippen LogP contribution is 2.32. The van der Waals surface area contributed by atoms with E-state index in [1.807, 2.05) is 12.1 Å². The number of carbonyl (C=O) groups excluding carboxylic acids is 3. The van der Waals surface area contributed by atoms with Crippen molar-refractivity contribution in [3.05, 3.63) is 34.9 Å². The predicted molar refractivity (Wildman–Crippen MR) is 115 cm³/mol. The van der Waals surface area contributed by atoms with E-state index < -0.39 is 30.6 Å². The molecule has 1 saturated carbocycles. The highest BCUT2D eigenvalue weighted by Gasteiger charge is 2.39. The van der Waals surface area contributed by atoms with Crippen LogP contribution in [0.25, 0.3) is 0 Å². The third-order valence-electron chi connectivity index (χ3n) is 7.03. The normalized spacial score (nSPS) is 26.8. The van der Waals surface area contributed by atoms with Crippen LogP contribution in [0.15, 0.2) is 18.2 Å². The molecule has 9 heteroatoms. The first-order valence-corrected chi connectivity index (χ1v) is 11.7. The molecule has 3 amide bonds. The molecule has 4 rings (SSSR count). The van der Waals surface area contributed by atoms with Crippen LogP contribution in [0.2, 0.25) is 0 Å². The number of alkyl halides is 3. The molecule has 2 heterocycles. The Labute approximate surface area is 191 Å². The number of amides is 3. The lowest BCUT2D eigenvalue weighted by Crippen LogP contribution is -2.52. The van der Waals surface area contributed by atoms with E-state index >= 15 is 0 Å². The number of hydrogen-bond donors (Lipinski definition) is 2. The Morgan fingerprint density at radius 3 is 2.64 bits per heavy atom. The second-order valence-electron chi connectivity index (χ2n) is 9.63. The Morgan fingerprint density at radius 1 is 1.15 bits per heavy atom. The van der Waals surface area contributed by atoms with Gasteiger partial charge in [-0.1, -0.05) is 25.0 Å². The fraction of sp³-hybridized carbons (Fsp3) is 0.625. The van der Waals surface area contributed by atoms with Gasteiger partial charge in [0.1, 0.15) is 6.04 Å². The minimum Gasteiger partial charge on any atom is -0.322 e. The van der Waals surface area contributed by atoms with Gasteiger partial charge in [0, 0.05) is 30.6 Å². The highest BCUT2D eigenvalue weighted by atomic mass is 19.4. The van der Waals surface area contributed by atoms with Crippen molar-refractivity contribution in [2.24, 2.45) is 5.92 Å². The molecule has 3 aliphatic rings. The average Bonchev–Trinajstić information content (AvgIpc) is 3.04. The number of hydrogen-bond acceptors (Lipinski definition) is 4. The Kier molecular flexibility index (Phi) is 6.79. The monoisotopic (exact) mass is 465 g/mol. The van der Waals surface area contributed by atoms with E-state index in [-0.39, 0.29) is 30.2 Å². The van der Waals surface area contributed by atoms with Crippen LogP contribution in [0.1, 0.15) is 73.4 Å². The summed E-state index contributed by atoms with van der Waals surface area (Å²) in [5, 5.41) is 5.51. The highest BCUT2D eigenvalue weighted by molar-refractivity contribution is 6.05. The molecule has 1 aliphatic carbocycles. The van der Waals surface area contributed by atoms with Crippen molar-refractivity contribution in [2.75, 3.05) is 0 Å². The lowest BCUT2D eigenvalue weighted by Gasteiger charge is -2.35. The summed E-state index contributed by atoms with van der Waals surface area (Å²) in [7, 11) is 0. The van der Waals surface area contributed by atoms with Crippen molar-refractivity contribution in [3.8, 4) is 0 Å². The molecular formula is C24H30F3N3O3. The fourth-order valence-corrected chi connectivity index (χ4v) is 5.50. The van der Waals surface area contributed by atoms with Crippen LogP contribution in [0, 0.1) is 5.92 Å². The molecule has 1 saturated heterocycles. The first-order valence-electron chi connectivity index (χ1n) is 11.7. The quantitative estimate of drug-likeness (QED) is 0.631. The Balaban J connectivity index is 1.42. The van der Waals surface area contributed by atoms with Gasteiger partial charge in [-0.2, -0.15) is 13.2 Å². The number of rotatable bonds is 6. The second-order valence-corrected chi connectivity index (χ2v) is 9.63. The molecule has 6 nitrogen and oxygen atoms in total. The molecular weight excluding hydrogens is 435 g/mol. The molecule has 1 aromatic carbocycles. The molecule has 2 aliphatic heterocycles. The van der Waals surface area contributed by atoms with E-state index in [9.17, 15) is 27.6 Å². The third kappa shape index (κ3) is 5.57. The predicted octanol–water partition coefficient (Wildman–Crippen LogP) is 3.48. The topological polar surface area (TPSA) is 78.5 Å². The van der Waals surface area contributed by atoms with E-state index in [2.05, 4.69) is 10.6 Å². The van der Waals surface area contributed by atoms with Gasteiger partial charge in [-0.05, 0) is 55.7 Å². The van der Waals surface area contributed by atoms with Crippen molar-refractivity contribution in [2.45, 2.75) is 89.1 Å². The zero-order valence-corrected chi connectivity index (χ0v) is 18.7. The fourth-order valence-electron chi connectivity index (χ4n) is 5.50. The van der Waals surface area contributed by atoms with Crippen LogP contribution in [0.4, 0.5) is 13.2 Å². The van der Waals surface area contributed by atoms with Crippen molar-refractivity contribution < 1.29 is 27.6 Å². The summed E-state index contributed by atoms with van der Waals surface area (Å²) in [5.41, 5.74) is 2.47. The third-order valence-corrected chi connectivity index (χ3v) is 7.03. The maximum atomic E-state index is 12.9. The van der Waals surface area contributed by atoms with Gasteiger partial charge in [-0.15, -0.1) is 0 Å². The molecule has 2 fully saturated rings. The molecule has 1 aromatic rings. The van der Waals surface area contributed by atoms with E-state index in [1.165, 1.54) is 4.90 Å². The summed E-state index contributed by atoms with van der Waals surface area (Å²) in [6.45, 7) is 1.91. The molecule has 2 unspecified atom stereocenters. The van der Waals surface area contributed by atoms with Crippen LogP contribution < -0.4 is 10.6 Å². The molecule has 2 N–H and O–H groups in total. The van der Waals surface area contributed by atoms with E-state index in [4.69, 9.17) is 0 Å². The molecule has 0 spiro atoms. The second kappa shape index (κ2) is 9.44. The number of nitrogens with zero attached hydrogens (tertiary/aromatic N) is 1. The van der Waals surface area contributed by atoms with Crippen LogP contribution in [-0.2, 0) is 22.6 Å². The maximum Gasteiger partial charge on any atom is 0.390 e. The summed E-state index contributed by atoms with van der Waals surface area (Å²) in [6.07, 6.45) is 0.124. The number of carbonyl (C=O) groups is 3. The zero-order chi connectivity index (χ0) is 23.8. The Hall–Kier alpha value is -2.42. The standard InChI is InChI=1S/C24H30F3N3O3/c1-14(12-24(25,26)27)28-19-5-3-2-4-16(19)10-15-6-7-18-17(11-15)13-30(23(18)33)20-8-9-21(31)29-22(20)32/h6-7,11,14,16,19-20,28H,2-5,8-10,12-13H2,1H3,(H,29,31,32)/t14?,16-,19+,20?/m1/s1. The van der Waals surface area contributed by atoms with Crippen molar-refractivity contribution in [1.29, 1.82) is 0 Å². The van der Waals surface area contributed by atoms with Crippen LogP contribution in [-0.4, -0.2) is 46.9 Å². The summed E-state index contributed by atoms with van der Waals surface area (Å²) < 4.78 is 38.3. The smallest absolute Gasteiger partial charge is 0.322 e. The number of benzene rings is 1. The summed E-state index contributed by atoms with van der Waals surface area (Å²) in [6, 6.07) is 4.45. The molecule has 4 atom stereocenters. The lowest BCUT2D eigenvalue weighted by atomic mass is 9.80. The number of nitrogens with one attached hydrogen (secondary N) is 2. The van der Waals surface area contributed by atoms with Gasteiger partial charge in [-0.25, -0.2) is 0 Å². The van der Waals surface area contributed by atoms with Crippen LogP contribution in [0.3, 0.4) is 0 Å². The van der Waals surface area contributed by atoms with Crippen LogP contribution >= 0.6 is 0 Å². The van der Waals surface area contributed by atoms with E-state index in [1.54, 1.807) is 13.0 Å². The largest absolute Gasteiger partial charge is 0.390 e. The Morgan fingerprint density at radius 2 is 1.91 bits per heavy atom. The number of halogens is 3. The van der Waals surface area contributed by atoms with Crippen LogP contribution in [0.5, 0.6) is 0 Å². The number of imide groups is 1. The minimum absolute atomic E-state index is 0.0333. The van der Waals surface area contributed by atoms with E-state index in [0.29, 0.717) is 18.5 Å². The summed E-state index contributed by atoms with van der Waals surface area (Å²) >= 11 is 0. The van der Waals surface area contributed by atoms with E-state index in [0.717, 1.165) is 43.2 Å². The van der Waals surface area contributed by atoms with Gasteiger partial charge in [0.05, 0.1) is 6.42 Å². The Bertz CT molecular complexity index is 933. The van der Waals surface area contributed by atoms with Gasteiger partial charge in [0.25, 0.3) is 5.91 Å². The maximum absolute atomic E-state index is 12.9. The number of piperidine rings is 1. The number of fused-ring (bicyclic) bond motifs is 1. The molecule has 0 radical (unpaired) electrons. The van der Waals surface area contributed by atoms with Crippen molar-refractivity contribution in [1.82, 2.24) is 15.5 Å². The van der Waals surface area contributed by atoms with Gasteiger partial charge in [-0.3, -0.25) is 19.7 Å².